The van der Waals surface area contributed by atoms with Gasteiger partial charge in [-0.15, -0.1) is 0 Å². The topological polar surface area (TPSA) is 20.2 Å². The zero-order chi connectivity index (χ0) is 9.80. The molecule has 2 unspecified atom stereocenters. The van der Waals surface area contributed by atoms with E-state index in [1.165, 1.54) is 49.4 Å². The first-order valence-electron chi connectivity index (χ1n) is 5.75. The van der Waals surface area contributed by atoms with E-state index in [4.69, 9.17) is 0 Å². The van der Waals surface area contributed by atoms with Crippen LogP contribution >= 0.6 is 23.5 Å². The number of hydrogen-bond acceptors (Lipinski definition) is 3. The average molecular weight is 232 g/mol. The molecule has 82 valence electrons. The van der Waals surface area contributed by atoms with Gasteiger partial charge in [-0.2, -0.15) is 23.5 Å². The molecule has 2 rings (SSSR count). The lowest BCUT2D eigenvalue weighted by Gasteiger charge is -2.33. The maximum Gasteiger partial charge on any atom is 0.0694 e. The zero-order valence-corrected chi connectivity index (χ0v) is 10.3. The number of rotatable bonds is 2. The predicted molar refractivity (Wildman–Crippen MR) is 66.2 cm³/mol. The summed E-state index contributed by atoms with van der Waals surface area (Å²) in [7, 11) is 0. The van der Waals surface area contributed by atoms with Crippen molar-refractivity contribution >= 4 is 23.5 Å². The molecule has 0 bridgehead atoms. The van der Waals surface area contributed by atoms with Crippen molar-refractivity contribution in [1.82, 2.24) is 0 Å². The van der Waals surface area contributed by atoms with Gasteiger partial charge in [0.25, 0.3) is 0 Å². The minimum atomic E-state index is -0.0203. The minimum absolute atomic E-state index is 0.0203. The molecule has 1 N–H and O–H groups in total. The van der Waals surface area contributed by atoms with Crippen LogP contribution in [0.4, 0.5) is 0 Å². The zero-order valence-electron chi connectivity index (χ0n) is 8.65. The molecule has 2 aliphatic rings. The Kier molecular flexibility index (Phi) is 4.51. The van der Waals surface area contributed by atoms with Gasteiger partial charge in [-0.25, -0.2) is 0 Å². The van der Waals surface area contributed by atoms with Gasteiger partial charge in [-0.05, 0) is 18.8 Å². The number of aliphatic hydroxyl groups excluding tert-OH is 1. The molecular weight excluding hydrogens is 212 g/mol. The minimum Gasteiger partial charge on any atom is -0.392 e. The van der Waals surface area contributed by atoms with Gasteiger partial charge in [0.15, 0.2) is 0 Å². The number of hydrogen-bond donors (Lipinski definition) is 1. The summed E-state index contributed by atoms with van der Waals surface area (Å²) in [5.41, 5.74) is 0. The van der Waals surface area contributed by atoms with Gasteiger partial charge in [0, 0.05) is 22.5 Å². The van der Waals surface area contributed by atoms with E-state index in [9.17, 15) is 5.11 Å². The van der Waals surface area contributed by atoms with Crippen molar-refractivity contribution in [3.8, 4) is 0 Å². The van der Waals surface area contributed by atoms with Crippen LogP contribution in [0.15, 0.2) is 0 Å². The van der Waals surface area contributed by atoms with Crippen molar-refractivity contribution < 1.29 is 5.11 Å². The second-order valence-electron chi connectivity index (χ2n) is 4.37. The molecule has 1 saturated carbocycles. The second-order valence-corrected chi connectivity index (χ2v) is 6.87. The largest absolute Gasteiger partial charge is 0.392 e. The molecule has 3 heteroatoms. The van der Waals surface area contributed by atoms with Crippen molar-refractivity contribution in [1.29, 1.82) is 0 Å². The fraction of sp³-hybridized carbons (Fsp3) is 1.00. The van der Waals surface area contributed by atoms with E-state index in [2.05, 4.69) is 0 Å². The molecule has 2 atom stereocenters. The van der Waals surface area contributed by atoms with Crippen LogP contribution < -0.4 is 0 Å². The molecule has 0 radical (unpaired) electrons. The Morgan fingerprint density at radius 1 is 1.07 bits per heavy atom. The van der Waals surface area contributed by atoms with Crippen molar-refractivity contribution in [3.63, 3.8) is 0 Å². The Labute approximate surface area is 95.4 Å². The highest BCUT2D eigenvalue weighted by molar-refractivity contribution is 8.06. The second kappa shape index (κ2) is 5.66. The van der Waals surface area contributed by atoms with Crippen LogP contribution in [0.25, 0.3) is 0 Å². The highest BCUT2D eigenvalue weighted by atomic mass is 32.2. The van der Waals surface area contributed by atoms with Gasteiger partial charge in [0.05, 0.1) is 6.10 Å². The van der Waals surface area contributed by atoms with E-state index < -0.39 is 0 Å². The molecule has 0 amide bonds. The lowest BCUT2D eigenvalue weighted by Crippen LogP contribution is -2.36. The first-order chi connectivity index (χ1) is 6.88. The molecule has 14 heavy (non-hydrogen) atoms. The van der Waals surface area contributed by atoms with E-state index in [1.54, 1.807) is 0 Å². The van der Waals surface area contributed by atoms with Crippen LogP contribution in [-0.2, 0) is 0 Å². The van der Waals surface area contributed by atoms with E-state index in [-0.39, 0.29) is 6.10 Å². The molecule has 1 aliphatic carbocycles. The molecule has 0 aromatic heterocycles. The molecular formula is C11H20OS2. The van der Waals surface area contributed by atoms with Crippen molar-refractivity contribution in [3.05, 3.63) is 0 Å². The fourth-order valence-electron chi connectivity index (χ4n) is 2.48. The lowest BCUT2D eigenvalue weighted by atomic mass is 9.84. The van der Waals surface area contributed by atoms with Gasteiger partial charge in [-0.3, -0.25) is 0 Å². The van der Waals surface area contributed by atoms with Gasteiger partial charge in [0.2, 0.25) is 0 Å². The quantitative estimate of drug-likeness (QED) is 0.790. The van der Waals surface area contributed by atoms with Gasteiger partial charge >= 0.3 is 0 Å². The Bertz CT molecular complexity index is 145. The maximum atomic E-state index is 10.3. The monoisotopic (exact) mass is 232 g/mol. The van der Waals surface area contributed by atoms with E-state index >= 15 is 0 Å². The molecule has 0 spiro atoms. The molecule has 0 aromatic carbocycles. The third kappa shape index (κ3) is 2.83. The van der Waals surface area contributed by atoms with Crippen molar-refractivity contribution in [2.75, 3.05) is 17.3 Å². The molecule has 1 heterocycles. The van der Waals surface area contributed by atoms with Crippen LogP contribution in [0.5, 0.6) is 0 Å². The number of thioether (sulfide) groups is 2. The highest BCUT2D eigenvalue weighted by Crippen LogP contribution is 2.34. The smallest absolute Gasteiger partial charge is 0.0694 e. The SMILES string of the molecule is OC(C1CCCCC1)C1CSCCS1. The molecule has 2 fully saturated rings. The molecule has 1 saturated heterocycles. The first-order valence-corrected chi connectivity index (χ1v) is 7.95. The lowest BCUT2D eigenvalue weighted by molar-refractivity contribution is 0.0870. The normalized spacial score (nSPS) is 32.8. The van der Waals surface area contributed by atoms with Crippen LogP contribution in [0, 0.1) is 5.92 Å². The fourth-order valence-corrected chi connectivity index (χ4v) is 5.33. The summed E-state index contributed by atoms with van der Waals surface area (Å²) in [6.07, 6.45) is 6.58. The third-order valence-corrected chi connectivity index (χ3v) is 6.23. The first kappa shape index (κ1) is 11.2. The summed E-state index contributed by atoms with van der Waals surface area (Å²) in [5, 5.41) is 10.8. The Balaban J connectivity index is 1.82. The Morgan fingerprint density at radius 2 is 1.86 bits per heavy atom. The van der Waals surface area contributed by atoms with E-state index in [1.807, 2.05) is 23.5 Å². The van der Waals surface area contributed by atoms with Crippen LogP contribution in [0.2, 0.25) is 0 Å². The van der Waals surface area contributed by atoms with Gasteiger partial charge < -0.3 is 5.11 Å². The summed E-state index contributed by atoms with van der Waals surface area (Å²) in [4.78, 5) is 0. The standard InChI is InChI=1S/C11H20OS2/c12-11(9-4-2-1-3-5-9)10-8-13-6-7-14-10/h9-12H,1-8H2. The summed E-state index contributed by atoms with van der Waals surface area (Å²) in [5.74, 6) is 4.29. The Morgan fingerprint density at radius 3 is 2.50 bits per heavy atom. The summed E-state index contributed by atoms with van der Waals surface area (Å²) in [6.45, 7) is 0. The van der Waals surface area contributed by atoms with Gasteiger partial charge in [0.1, 0.15) is 0 Å². The van der Waals surface area contributed by atoms with E-state index in [0.29, 0.717) is 11.2 Å². The number of aliphatic hydroxyl groups is 1. The summed E-state index contributed by atoms with van der Waals surface area (Å²) in [6, 6.07) is 0. The third-order valence-electron chi connectivity index (χ3n) is 3.36. The van der Waals surface area contributed by atoms with E-state index in [0.717, 1.165) is 0 Å². The van der Waals surface area contributed by atoms with Crippen molar-refractivity contribution in [2.24, 2.45) is 5.92 Å². The average Bonchev–Trinajstić information content (AvgIpc) is 2.30. The molecule has 1 nitrogen and oxygen atoms in total. The van der Waals surface area contributed by atoms with Crippen LogP contribution in [0.1, 0.15) is 32.1 Å². The molecule has 1 aliphatic heterocycles. The van der Waals surface area contributed by atoms with Crippen molar-refractivity contribution in [2.45, 2.75) is 43.5 Å². The van der Waals surface area contributed by atoms with Crippen LogP contribution in [0.3, 0.4) is 0 Å². The maximum absolute atomic E-state index is 10.3. The Hall–Kier alpha value is 0.660. The van der Waals surface area contributed by atoms with Crippen LogP contribution in [-0.4, -0.2) is 33.7 Å². The summed E-state index contributed by atoms with van der Waals surface area (Å²) >= 11 is 4.01. The summed E-state index contributed by atoms with van der Waals surface area (Å²) < 4.78 is 0. The predicted octanol–water partition coefficient (Wildman–Crippen LogP) is 2.78. The molecule has 0 aromatic rings. The highest BCUT2D eigenvalue weighted by Gasteiger charge is 2.30. The van der Waals surface area contributed by atoms with Gasteiger partial charge in [-0.1, -0.05) is 19.3 Å².